The summed E-state index contributed by atoms with van der Waals surface area (Å²) < 4.78 is 26.4. The van der Waals surface area contributed by atoms with Gasteiger partial charge in [0.1, 0.15) is 0 Å². The molecule has 0 heterocycles. The van der Waals surface area contributed by atoms with E-state index in [-0.39, 0.29) is 12.5 Å². The first-order chi connectivity index (χ1) is 14.8. The van der Waals surface area contributed by atoms with Gasteiger partial charge < -0.3 is 5.32 Å². The zero-order valence-corrected chi connectivity index (χ0v) is 18.7. The van der Waals surface area contributed by atoms with Crippen molar-refractivity contribution in [3.63, 3.8) is 0 Å². The molecule has 0 atom stereocenters. The van der Waals surface area contributed by atoms with Gasteiger partial charge in [0.2, 0.25) is 10.0 Å². The highest BCUT2D eigenvalue weighted by molar-refractivity contribution is 7.92. The zero-order chi connectivity index (χ0) is 22.3. The molecule has 0 saturated carbocycles. The Labute approximate surface area is 184 Å². The third kappa shape index (κ3) is 6.43. The van der Waals surface area contributed by atoms with Crippen LogP contribution in [0.15, 0.2) is 78.9 Å². The van der Waals surface area contributed by atoms with Crippen molar-refractivity contribution < 1.29 is 13.2 Å². The molecule has 3 aromatic rings. The number of anilines is 1. The van der Waals surface area contributed by atoms with Gasteiger partial charge in [-0.2, -0.15) is 0 Å². The van der Waals surface area contributed by atoms with E-state index in [4.69, 9.17) is 0 Å². The van der Waals surface area contributed by atoms with Gasteiger partial charge >= 0.3 is 0 Å². The summed E-state index contributed by atoms with van der Waals surface area (Å²) in [6.07, 6.45) is 2.83. The normalized spacial score (nSPS) is 11.2. The fourth-order valence-electron chi connectivity index (χ4n) is 3.36. The number of rotatable bonds is 9. The molecule has 31 heavy (non-hydrogen) atoms. The molecule has 0 spiro atoms. The molecule has 3 rings (SSSR count). The summed E-state index contributed by atoms with van der Waals surface area (Å²) in [5, 5.41) is 2.93. The van der Waals surface area contributed by atoms with E-state index < -0.39 is 10.0 Å². The van der Waals surface area contributed by atoms with Crippen LogP contribution in [0.5, 0.6) is 0 Å². The van der Waals surface area contributed by atoms with Gasteiger partial charge in [-0.15, -0.1) is 0 Å². The molecule has 0 aromatic heterocycles. The molecule has 1 N–H and O–H groups in total. The molecule has 1 amide bonds. The monoisotopic (exact) mass is 436 g/mol. The molecule has 0 bridgehead atoms. The highest BCUT2D eigenvalue weighted by atomic mass is 32.2. The quantitative estimate of drug-likeness (QED) is 0.508. The summed E-state index contributed by atoms with van der Waals surface area (Å²) in [7, 11) is -3.58. The fourth-order valence-corrected chi connectivity index (χ4v) is 4.26. The van der Waals surface area contributed by atoms with Crippen LogP contribution in [0.25, 0.3) is 0 Å². The molecule has 0 aliphatic carbocycles. The molecule has 0 aliphatic heterocycles. The molecule has 0 aliphatic rings. The lowest BCUT2D eigenvalue weighted by molar-refractivity contribution is 0.0954. The molecule has 0 unspecified atom stereocenters. The van der Waals surface area contributed by atoms with E-state index in [0.717, 1.165) is 24.7 Å². The molecule has 0 fully saturated rings. The number of benzene rings is 3. The van der Waals surface area contributed by atoms with Crippen molar-refractivity contribution in [2.45, 2.75) is 26.3 Å². The molecule has 162 valence electrons. The van der Waals surface area contributed by atoms with Crippen molar-refractivity contribution in [1.82, 2.24) is 5.32 Å². The van der Waals surface area contributed by atoms with Crippen molar-refractivity contribution >= 4 is 21.6 Å². The van der Waals surface area contributed by atoms with Crippen LogP contribution >= 0.6 is 0 Å². The number of aryl methyl sites for hydroxylation is 2. The Balaban J connectivity index is 1.71. The van der Waals surface area contributed by atoms with Gasteiger partial charge in [0.25, 0.3) is 5.91 Å². The molecular formula is C25H28N2O3S. The minimum Gasteiger partial charge on any atom is -0.352 e. The maximum atomic E-state index is 12.9. The SMILES string of the molecule is Cc1ccc(CCCNC(=O)c2ccccc2N(Cc2ccccc2)S(C)(=O)=O)cc1. The van der Waals surface area contributed by atoms with E-state index in [1.165, 1.54) is 15.4 Å². The number of amides is 1. The van der Waals surface area contributed by atoms with E-state index in [2.05, 4.69) is 36.5 Å². The predicted octanol–water partition coefficient (Wildman–Crippen LogP) is 4.32. The largest absolute Gasteiger partial charge is 0.352 e. The average molecular weight is 437 g/mol. The van der Waals surface area contributed by atoms with Crippen molar-refractivity contribution in [2.75, 3.05) is 17.1 Å². The number of carbonyl (C=O) groups is 1. The van der Waals surface area contributed by atoms with E-state index in [9.17, 15) is 13.2 Å². The van der Waals surface area contributed by atoms with Crippen molar-refractivity contribution in [3.05, 3.63) is 101 Å². The van der Waals surface area contributed by atoms with Gasteiger partial charge in [-0.25, -0.2) is 8.42 Å². The van der Waals surface area contributed by atoms with E-state index >= 15 is 0 Å². The van der Waals surface area contributed by atoms with Crippen LogP contribution in [0.2, 0.25) is 0 Å². The van der Waals surface area contributed by atoms with Gasteiger partial charge in [-0.3, -0.25) is 9.10 Å². The number of nitrogens with zero attached hydrogens (tertiary/aromatic N) is 1. The minimum atomic E-state index is -3.58. The Morgan fingerprint density at radius 2 is 1.52 bits per heavy atom. The highest BCUT2D eigenvalue weighted by Crippen LogP contribution is 2.25. The lowest BCUT2D eigenvalue weighted by Crippen LogP contribution is -2.33. The Hall–Kier alpha value is -3.12. The topological polar surface area (TPSA) is 66.5 Å². The summed E-state index contributed by atoms with van der Waals surface area (Å²) in [5.41, 5.74) is 4.02. The Bertz CT molecular complexity index is 1110. The molecule has 3 aromatic carbocycles. The third-order valence-electron chi connectivity index (χ3n) is 5.04. The Kier molecular flexibility index (Phi) is 7.47. The lowest BCUT2D eigenvalue weighted by Gasteiger charge is -2.24. The van der Waals surface area contributed by atoms with Crippen molar-refractivity contribution in [1.29, 1.82) is 0 Å². The van der Waals surface area contributed by atoms with Crippen LogP contribution in [-0.2, 0) is 23.0 Å². The first-order valence-corrected chi connectivity index (χ1v) is 12.1. The van der Waals surface area contributed by atoms with Gasteiger partial charge in [0.15, 0.2) is 0 Å². The summed E-state index contributed by atoms with van der Waals surface area (Å²) in [6.45, 7) is 2.73. The Morgan fingerprint density at radius 1 is 0.871 bits per heavy atom. The second kappa shape index (κ2) is 10.3. The first kappa shape index (κ1) is 22.6. The first-order valence-electron chi connectivity index (χ1n) is 10.3. The Morgan fingerprint density at radius 3 is 2.19 bits per heavy atom. The number of carbonyl (C=O) groups excluding carboxylic acids is 1. The molecule has 0 radical (unpaired) electrons. The zero-order valence-electron chi connectivity index (χ0n) is 17.9. The van der Waals surface area contributed by atoms with Gasteiger partial charge in [0, 0.05) is 6.54 Å². The summed E-state index contributed by atoms with van der Waals surface area (Å²) >= 11 is 0. The minimum absolute atomic E-state index is 0.164. The van der Waals surface area contributed by atoms with Crippen LogP contribution in [-0.4, -0.2) is 27.1 Å². The van der Waals surface area contributed by atoms with Crippen LogP contribution in [0.1, 0.15) is 33.5 Å². The number of para-hydroxylation sites is 1. The number of hydrogen-bond donors (Lipinski definition) is 1. The molecular weight excluding hydrogens is 408 g/mol. The van der Waals surface area contributed by atoms with E-state index in [0.29, 0.717) is 17.8 Å². The van der Waals surface area contributed by atoms with Crippen LogP contribution in [0.3, 0.4) is 0 Å². The van der Waals surface area contributed by atoms with E-state index in [1.54, 1.807) is 24.3 Å². The van der Waals surface area contributed by atoms with Gasteiger partial charge in [-0.05, 0) is 43.0 Å². The highest BCUT2D eigenvalue weighted by Gasteiger charge is 2.23. The van der Waals surface area contributed by atoms with Crippen LogP contribution in [0.4, 0.5) is 5.69 Å². The number of hydrogen-bond acceptors (Lipinski definition) is 3. The second-order valence-corrected chi connectivity index (χ2v) is 9.52. The summed E-state index contributed by atoms with van der Waals surface area (Å²) in [4.78, 5) is 12.9. The third-order valence-corrected chi connectivity index (χ3v) is 6.16. The standard InChI is InChI=1S/C25H28N2O3S/c1-20-14-16-21(17-15-20)11-8-18-26-25(28)23-12-6-7-13-24(23)27(31(2,29)30)19-22-9-4-3-5-10-22/h3-7,9-10,12-17H,8,11,18-19H2,1-2H3,(H,26,28). The molecule has 5 nitrogen and oxygen atoms in total. The van der Waals surface area contributed by atoms with Gasteiger partial charge in [0.05, 0.1) is 24.1 Å². The van der Waals surface area contributed by atoms with Crippen molar-refractivity contribution in [2.24, 2.45) is 0 Å². The predicted molar refractivity (Wildman–Crippen MR) is 126 cm³/mol. The maximum absolute atomic E-state index is 12.9. The number of nitrogens with one attached hydrogen (secondary N) is 1. The summed E-state index contributed by atoms with van der Waals surface area (Å²) in [6, 6.07) is 24.5. The van der Waals surface area contributed by atoms with E-state index in [1.807, 2.05) is 30.3 Å². The van der Waals surface area contributed by atoms with Crippen LogP contribution in [0, 0.1) is 6.92 Å². The van der Waals surface area contributed by atoms with Gasteiger partial charge in [-0.1, -0.05) is 72.3 Å². The smallest absolute Gasteiger partial charge is 0.253 e. The maximum Gasteiger partial charge on any atom is 0.253 e. The number of sulfonamides is 1. The second-order valence-electron chi connectivity index (χ2n) is 7.62. The molecule has 6 heteroatoms. The van der Waals surface area contributed by atoms with Crippen LogP contribution < -0.4 is 9.62 Å². The molecule has 0 saturated heterocycles. The summed E-state index contributed by atoms with van der Waals surface area (Å²) in [5.74, 6) is -0.277. The van der Waals surface area contributed by atoms with Crippen molar-refractivity contribution in [3.8, 4) is 0 Å². The fraction of sp³-hybridized carbons (Fsp3) is 0.240. The lowest BCUT2D eigenvalue weighted by atomic mass is 10.1. The average Bonchev–Trinajstić information content (AvgIpc) is 2.76.